The maximum Gasteiger partial charge on any atom is 0.203 e. The number of methoxy groups -OCH3 is 4. The SMILES string of the molecule is COc1cc(C=Cc2cc(Cl)c(OC)c(NC=CC(=O)c3ccc(F)cc3)c2)cc(OC)c1OC. The molecule has 3 aromatic rings. The summed E-state index contributed by atoms with van der Waals surface area (Å²) in [7, 11) is 6.16. The molecule has 0 spiro atoms. The van der Waals surface area contributed by atoms with Crippen LogP contribution in [0.5, 0.6) is 23.0 Å². The number of rotatable bonds is 10. The Bertz CT molecular complexity index is 1230. The monoisotopic (exact) mass is 497 g/mol. The van der Waals surface area contributed by atoms with Gasteiger partial charge in [0, 0.05) is 17.8 Å². The van der Waals surface area contributed by atoms with E-state index in [4.69, 9.17) is 30.5 Å². The average Bonchev–Trinajstić information content (AvgIpc) is 2.86. The van der Waals surface area contributed by atoms with Gasteiger partial charge in [0.25, 0.3) is 0 Å². The molecule has 0 aromatic heterocycles. The quantitative estimate of drug-likeness (QED) is 0.196. The third-order valence-corrected chi connectivity index (χ3v) is 5.31. The molecule has 182 valence electrons. The zero-order chi connectivity index (χ0) is 25.4. The van der Waals surface area contributed by atoms with Crippen molar-refractivity contribution in [1.82, 2.24) is 0 Å². The van der Waals surface area contributed by atoms with E-state index in [1.165, 1.54) is 43.7 Å². The van der Waals surface area contributed by atoms with E-state index in [0.29, 0.717) is 39.3 Å². The molecule has 0 saturated carbocycles. The largest absolute Gasteiger partial charge is 0.493 e. The zero-order valence-corrected chi connectivity index (χ0v) is 20.5. The minimum atomic E-state index is -0.403. The Morgan fingerprint density at radius 2 is 1.40 bits per heavy atom. The molecule has 6 nitrogen and oxygen atoms in total. The Morgan fingerprint density at radius 3 is 1.94 bits per heavy atom. The Morgan fingerprint density at radius 1 is 0.829 bits per heavy atom. The summed E-state index contributed by atoms with van der Waals surface area (Å²) < 4.78 is 34.6. The van der Waals surface area contributed by atoms with Gasteiger partial charge < -0.3 is 24.3 Å². The van der Waals surface area contributed by atoms with Crippen molar-refractivity contribution >= 4 is 35.2 Å². The molecule has 0 amide bonds. The number of ketones is 1. The summed E-state index contributed by atoms with van der Waals surface area (Å²) in [4.78, 5) is 12.3. The van der Waals surface area contributed by atoms with Crippen LogP contribution in [0.15, 0.2) is 60.8 Å². The predicted octanol–water partition coefficient (Wildman–Crippen LogP) is 6.49. The predicted molar refractivity (Wildman–Crippen MR) is 137 cm³/mol. The van der Waals surface area contributed by atoms with Gasteiger partial charge in [-0.1, -0.05) is 23.8 Å². The Labute approximate surface area is 208 Å². The standard InChI is InChI=1S/C27H25ClFNO5/c1-32-24-15-18(16-25(33-2)27(24)35-4)6-5-17-13-21(28)26(34-3)22(14-17)30-12-11-23(31)19-7-9-20(29)10-8-19/h5-16,30H,1-4H3. The van der Waals surface area contributed by atoms with Crippen molar-refractivity contribution < 1.29 is 28.1 Å². The smallest absolute Gasteiger partial charge is 0.203 e. The van der Waals surface area contributed by atoms with Crippen LogP contribution in [0.2, 0.25) is 5.02 Å². The highest BCUT2D eigenvalue weighted by Gasteiger charge is 2.13. The maximum atomic E-state index is 13.1. The van der Waals surface area contributed by atoms with Gasteiger partial charge in [-0.15, -0.1) is 0 Å². The number of anilines is 1. The van der Waals surface area contributed by atoms with Crippen molar-refractivity contribution in [3.63, 3.8) is 0 Å². The van der Waals surface area contributed by atoms with Gasteiger partial charge >= 0.3 is 0 Å². The fourth-order valence-electron chi connectivity index (χ4n) is 3.33. The second-order valence-corrected chi connectivity index (χ2v) is 7.63. The second-order valence-electron chi connectivity index (χ2n) is 7.22. The highest BCUT2D eigenvalue weighted by atomic mass is 35.5. The van der Waals surface area contributed by atoms with E-state index in [1.807, 2.05) is 30.4 Å². The van der Waals surface area contributed by atoms with Crippen molar-refractivity contribution in [3.8, 4) is 23.0 Å². The Kier molecular flexibility index (Phi) is 8.75. The molecule has 1 N–H and O–H groups in total. The molecular weight excluding hydrogens is 473 g/mol. The molecule has 0 aliphatic rings. The van der Waals surface area contributed by atoms with Gasteiger partial charge in [0.1, 0.15) is 5.82 Å². The maximum absolute atomic E-state index is 13.1. The van der Waals surface area contributed by atoms with Gasteiger partial charge in [-0.25, -0.2) is 4.39 Å². The molecule has 8 heteroatoms. The van der Waals surface area contributed by atoms with E-state index in [9.17, 15) is 9.18 Å². The Balaban J connectivity index is 1.85. The van der Waals surface area contributed by atoms with Crippen molar-refractivity contribution in [2.75, 3.05) is 33.8 Å². The Hall–Kier alpha value is -3.97. The molecule has 0 radical (unpaired) electrons. The van der Waals surface area contributed by atoms with E-state index in [-0.39, 0.29) is 5.78 Å². The van der Waals surface area contributed by atoms with Gasteiger partial charge in [0.15, 0.2) is 23.0 Å². The molecule has 0 fully saturated rings. The zero-order valence-electron chi connectivity index (χ0n) is 19.7. The van der Waals surface area contributed by atoms with Gasteiger partial charge in [-0.3, -0.25) is 4.79 Å². The summed E-state index contributed by atoms with van der Waals surface area (Å²) in [6.07, 6.45) is 6.57. The summed E-state index contributed by atoms with van der Waals surface area (Å²) in [5, 5.41) is 3.42. The highest BCUT2D eigenvalue weighted by molar-refractivity contribution is 6.32. The number of carbonyl (C=O) groups is 1. The first kappa shape index (κ1) is 25.6. The normalized spacial score (nSPS) is 11.0. The first-order valence-electron chi connectivity index (χ1n) is 10.5. The van der Waals surface area contributed by atoms with Crippen molar-refractivity contribution in [2.24, 2.45) is 0 Å². The third kappa shape index (κ3) is 6.33. The lowest BCUT2D eigenvalue weighted by Crippen LogP contribution is -1.98. The fraction of sp³-hybridized carbons (Fsp3) is 0.148. The molecule has 35 heavy (non-hydrogen) atoms. The average molecular weight is 498 g/mol. The van der Waals surface area contributed by atoms with Crippen LogP contribution < -0.4 is 24.3 Å². The van der Waals surface area contributed by atoms with Crippen LogP contribution in [0, 0.1) is 5.82 Å². The lowest BCUT2D eigenvalue weighted by atomic mass is 10.1. The number of hydrogen-bond acceptors (Lipinski definition) is 6. The van der Waals surface area contributed by atoms with Crippen LogP contribution in [-0.4, -0.2) is 34.2 Å². The number of allylic oxidation sites excluding steroid dienone is 1. The molecular formula is C27H25ClFNO5. The summed E-state index contributed by atoms with van der Waals surface area (Å²) >= 11 is 6.42. The molecule has 0 bridgehead atoms. The van der Waals surface area contributed by atoms with E-state index < -0.39 is 5.82 Å². The minimum Gasteiger partial charge on any atom is -0.493 e. The molecule has 0 aliphatic heterocycles. The molecule has 3 rings (SSSR count). The summed E-state index contributed by atoms with van der Waals surface area (Å²) in [6.45, 7) is 0. The van der Waals surface area contributed by atoms with Gasteiger partial charge in [-0.2, -0.15) is 0 Å². The van der Waals surface area contributed by atoms with E-state index in [1.54, 1.807) is 27.4 Å². The van der Waals surface area contributed by atoms with Crippen LogP contribution in [0.3, 0.4) is 0 Å². The first-order valence-corrected chi connectivity index (χ1v) is 10.9. The lowest BCUT2D eigenvalue weighted by molar-refractivity contribution is 0.104. The van der Waals surface area contributed by atoms with E-state index in [0.717, 1.165) is 11.1 Å². The first-order chi connectivity index (χ1) is 16.9. The van der Waals surface area contributed by atoms with Crippen LogP contribution >= 0.6 is 11.6 Å². The molecule has 0 saturated heterocycles. The van der Waals surface area contributed by atoms with Crippen molar-refractivity contribution in [1.29, 1.82) is 0 Å². The van der Waals surface area contributed by atoms with Crippen LogP contribution in [0.4, 0.5) is 10.1 Å². The number of hydrogen-bond donors (Lipinski definition) is 1. The van der Waals surface area contributed by atoms with Crippen LogP contribution in [0.25, 0.3) is 12.2 Å². The number of ether oxygens (including phenoxy) is 4. The summed E-state index contributed by atoms with van der Waals surface area (Å²) in [5.41, 5.74) is 2.54. The number of nitrogens with one attached hydrogen (secondary N) is 1. The molecule has 0 aliphatic carbocycles. The minimum absolute atomic E-state index is 0.277. The third-order valence-electron chi connectivity index (χ3n) is 5.03. The molecule has 3 aromatic carbocycles. The van der Waals surface area contributed by atoms with Gasteiger partial charge in [-0.05, 0) is 59.7 Å². The topological polar surface area (TPSA) is 66.0 Å². The van der Waals surface area contributed by atoms with Crippen LogP contribution in [-0.2, 0) is 0 Å². The molecule has 0 unspecified atom stereocenters. The molecule has 0 atom stereocenters. The van der Waals surface area contributed by atoms with Crippen molar-refractivity contribution in [3.05, 3.63) is 88.3 Å². The van der Waals surface area contributed by atoms with E-state index in [2.05, 4.69) is 5.32 Å². The summed E-state index contributed by atoms with van der Waals surface area (Å²) in [5.74, 6) is 1.33. The second kappa shape index (κ2) is 11.9. The van der Waals surface area contributed by atoms with Gasteiger partial charge in [0.2, 0.25) is 5.75 Å². The fourth-order valence-corrected chi connectivity index (χ4v) is 3.64. The highest BCUT2D eigenvalue weighted by Crippen LogP contribution is 2.39. The van der Waals surface area contributed by atoms with Crippen molar-refractivity contribution in [2.45, 2.75) is 0 Å². The number of carbonyl (C=O) groups excluding carboxylic acids is 1. The molecule has 0 heterocycles. The lowest BCUT2D eigenvalue weighted by Gasteiger charge is -2.13. The number of benzene rings is 3. The summed E-state index contributed by atoms with van der Waals surface area (Å²) in [6, 6.07) is 12.6. The van der Waals surface area contributed by atoms with E-state index >= 15 is 0 Å². The van der Waals surface area contributed by atoms with Crippen LogP contribution in [0.1, 0.15) is 21.5 Å². The van der Waals surface area contributed by atoms with Gasteiger partial charge in [0.05, 0.1) is 39.1 Å². The number of halogens is 2.